The van der Waals surface area contributed by atoms with Crippen LogP contribution in [0.25, 0.3) is 0 Å². The lowest BCUT2D eigenvalue weighted by atomic mass is 10.2. The second-order valence-corrected chi connectivity index (χ2v) is 7.80. The molecule has 1 amide bonds. The fourth-order valence-corrected chi connectivity index (χ4v) is 3.27. The van der Waals surface area contributed by atoms with E-state index in [4.69, 9.17) is 4.74 Å². The summed E-state index contributed by atoms with van der Waals surface area (Å²) in [7, 11) is -3.39. The molecule has 1 aliphatic rings. The van der Waals surface area contributed by atoms with Gasteiger partial charge in [-0.25, -0.2) is 8.42 Å². The standard InChI is InChI=1S/C18H21N3O4S/c1-26(23,24)20-16-4-2-3-14(13-16)18(22)19-15-5-7-17(8-6-15)21-9-11-25-12-10-21/h2-8,13,20H,9-12H2,1H3,(H,19,22). The van der Waals surface area contributed by atoms with E-state index in [0.29, 0.717) is 16.9 Å². The molecule has 1 aliphatic heterocycles. The lowest BCUT2D eigenvalue weighted by Gasteiger charge is -2.28. The SMILES string of the molecule is CS(=O)(=O)Nc1cccc(C(=O)Nc2ccc(N3CCOCC3)cc2)c1. The molecule has 3 rings (SSSR count). The Balaban J connectivity index is 1.67. The highest BCUT2D eigenvalue weighted by Crippen LogP contribution is 2.20. The Labute approximate surface area is 153 Å². The van der Waals surface area contributed by atoms with E-state index in [1.807, 2.05) is 24.3 Å². The van der Waals surface area contributed by atoms with E-state index in [9.17, 15) is 13.2 Å². The first-order valence-corrected chi connectivity index (χ1v) is 10.1. The molecule has 2 aromatic rings. The fraction of sp³-hybridized carbons (Fsp3) is 0.278. The zero-order chi connectivity index (χ0) is 18.6. The van der Waals surface area contributed by atoms with Gasteiger partial charge in [-0.2, -0.15) is 0 Å². The molecule has 0 unspecified atom stereocenters. The minimum absolute atomic E-state index is 0.304. The lowest BCUT2D eigenvalue weighted by Crippen LogP contribution is -2.36. The first-order chi connectivity index (χ1) is 12.4. The number of ether oxygens (including phenoxy) is 1. The molecule has 0 aromatic heterocycles. The summed E-state index contributed by atoms with van der Waals surface area (Å²) in [6.45, 7) is 3.14. The summed E-state index contributed by atoms with van der Waals surface area (Å²) in [5, 5.41) is 2.82. The molecule has 8 heteroatoms. The van der Waals surface area contributed by atoms with Gasteiger partial charge in [0.2, 0.25) is 10.0 Å². The predicted octanol–water partition coefficient (Wildman–Crippen LogP) is 2.15. The third-order valence-electron chi connectivity index (χ3n) is 3.93. The highest BCUT2D eigenvalue weighted by molar-refractivity contribution is 7.92. The average molecular weight is 375 g/mol. The summed E-state index contributed by atoms with van der Waals surface area (Å²) in [6, 6.07) is 14.0. The quantitative estimate of drug-likeness (QED) is 0.836. The van der Waals surface area contributed by atoms with Crippen molar-refractivity contribution in [2.24, 2.45) is 0 Å². The maximum atomic E-state index is 12.4. The number of sulfonamides is 1. The van der Waals surface area contributed by atoms with Gasteiger partial charge in [0, 0.05) is 35.7 Å². The first-order valence-electron chi connectivity index (χ1n) is 8.23. The van der Waals surface area contributed by atoms with Crippen molar-refractivity contribution in [3.8, 4) is 0 Å². The van der Waals surface area contributed by atoms with Crippen LogP contribution in [0.4, 0.5) is 17.1 Å². The molecular formula is C18H21N3O4S. The van der Waals surface area contributed by atoms with Gasteiger partial charge in [-0.3, -0.25) is 9.52 Å². The van der Waals surface area contributed by atoms with Crippen molar-refractivity contribution >= 4 is 33.0 Å². The van der Waals surface area contributed by atoms with Gasteiger partial charge in [-0.05, 0) is 42.5 Å². The number of amides is 1. The number of hydrogen-bond donors (Lipinski definition) is 2. The van der Waals surface area contributed by atoms with E-state index in [2.05, 4.69) is 14.9 Å². The Morgan fingerprint density at radius 3 is 2.38 bits per heavy atom. The Kier molecular flexibility index (Phi) is 5.43. The molecule has 0 spiro atoms. The molecule has 0 aliphatic carbocycles. The highest BCUT2D eigenvalue weighted by Gasteiger charge is 2.12. The number of carbonyl (C=O) groups is 1. The van der Waals surface area contributed by atoms with Gasteiger partial charge in [-0.1, -0.05) is 6.07 Å². The van der Waals surface area contributed by atoms with Gasteiger partial charge in [-0.15, -0.1) is 0 Å². The van der Waals surface area contributed by atoms with Gasteiger partial charge in [0.25, 0.3) is 5.91 Å². The molecule has 1 heterocycles. The minimum Gasteiger partial charge on any atom is -0.378 e. The number of anilines is 3. The lowest BCUT2D eigenvalue weighted by molar-refractivity contribution is 0.102. The van der Waals surface area contributed by atoms with Crippen LogP contribution in [0.1, 0.15) is 10.4 Å². The molecule has 2 N–H and O–H groups in total. The zero-order valence-corrected chi connectivity index (χ0v) is 15.3. The van der Waals surface area contributed by atoms with Gasteiger partial charge in [0.15, 0.2) is 0 Å². The topological polar surface area (TPSA) is 87.7 Å². The van der Waals surface area contributed by atoms with Crippen LogP contribution in [0.5, 0.6) is 0 Å². The number of nitrogens with zero attached hydrogens (tertiary/aromatic N) is 1. The Hall–Kier alpha value is -2.58. The van der Waals surface area contributed by atoms with E-state index in [-0.39, 0.29) is 5.91 Å². The maximum Gasteiger partial charge on any atom is 0.255 e. The van der Waals surface area contributed by atoms with E-state index in [1.165, 1.54) is 6.07 Å². The van der Waals surface area contributed by atoms with Crippen LogP contribution in [0.3, 0.4) is 0 Å². The summed E-state index contributed by atoms with van der Waals surface area (Å²) in [5.74, 6) is -0.304. The van der Waals surface area contributed by atoms with Crippen LogP contribution in [-0.4, -0.2) is 46.9 Å². The number of hydrogen-bond acceptors (Lipinski definition) is 5. The zero-order valence-electron chi connectivity index (χ0n) is 14.4. The molecule has 26 heavy (non-hydrogen) atoms. The van der Waals surface area contributed by atoms with Crippen LogP contribution in [-0.2, 0) is 14.8 Å². The first kappa shape index (κ1) is 18.2. The van der Waals surface area contributed by atoms with Gasteiger partial charge >= 0.3 is 0 Å². The van der Waals surface area contributed by atoms with Crippen LogP contribution in [0.15, 0.2) is 48.5 Å². The number of carbonyl (C=O) groups excluding carboxylic acids is 1. The third-order valence-corrected chi connectivity index (χ3v) is 4.54. The van der Waals surface area contributed by atoms with E-state index in [0.717, 1.165) is 38.2 Å². The van der Waals surface area contributed by atoms with E-state index < -0.39 is 10.0 Å². The van der Waals surface area contributed by atoms with Crippen molar-refractivity contribution in [3.63, 3.8) is 0 Å². The minimum atomic E-state index is -3.39. The summed E-state index contributed by atoms with van der Waals surface area (Å²) < 4.78 is 30.3. The van der Waals surface area contributed by atoms with Crippen LogP contribution < -0.4 is 14.9 Å². The number of rotatable bonds is 5. The summed E-state index contributed by atoms with van der Waals surface area (Å²) in [4.78, 5) is 14.6. The maximum absolute atomic E-state index is 12.4. The number of nitrogens with one attached hydrogen (secondary N) is 2. The Morgan fingerprint density at radius 2 is 1.73 bits per heavy atom. The number of benzene rings is 2. The second-order valence-electron chi connectivity index (χ2n) is 6.06. The summed E-state index contributed by atoms with van der Waals surface area (Å²) >= 11 is 0. The second kappa shape index (κ2) is 7.76. The van der Waals surface area contributed by atoms with Crippen molar-refractivity contribution in [3.05, 3.63) is 54.1 Å². The smallest absolute Gasteiger partial charge is 0.255 e. The van der Waals surface area contributed by atoms with Crippen LogP contribution in [0.2, 0.25) is 0 Å². The molecule has 0 saturated carbocycles. The monoisotopic (exact) mass is 375 g/mol. The van der Waals surface area contributed by atoms with Gasteiger partial charge in [0.05, 0.1) is 19.5 Å². The average Bonchev–Trinajstić information content (AvgIpc) is 2.62. The number of morpholine rings is 1. The molecule has 138 valence electrons. The summed E-state index contributed by atoms with van der Waals surface area (Å²) in [5.41, 5.74) is 2.48. The highest BCUT2D eigenvalue weighted by atomic mass is 32.2. The molecule has 0 bridgehead atoms. The summed E-state index contributed by atoms with van der Waals surface area (Å²) in [6.07, 6.45) is 1.07. The Bertz CT molecular complexity index is 876. The van der Waals surface area contributed by atoms with Crippen molar-refractivity contribution < 1.29 is 17.9 Å². The molecule has 7 nitrogen and oxygen atoms in total. The van der Waals surface area contributed by atoms with Crippen molar-refractivity contribution in [2.75, 3.05) is 47.5 Å². The van der Waals surface area contributed by atoms with Crippen molar-refractivity contribution in [1.82, 2.24) is 0 Å². The van der Waals surface area contributed by atoms with Crippen LogP contribution in [0, 0.1) is 0 Å². The van der Waals surface area contributed by atoms with Crippen LogP contribution >= 0.6 is 0 Å². The molecule has 0 atom stereocenters. The molecule has 1 fully saturated rings. The molecule has 0 radical (unpaired) electrons. The normalized spacial score (nSPS) is 14.7. The van der Waals surface area contributed by atoms with Gasteiger partial charge < -0.3 is 15.0 Å². The molecule has 1 saturated heterocycles. The third kappa shape index (κ3) is 4.96. The van der Waals surface area contributed by atoms with E-state index >= 15 is 0 Å². The molecular weight excluding hydrogens is 354 g/mol. The van der Waals surface area contributed by atoms with Crippen molar-refractivity contribution in [1.29, 1.82) is 0 Å². The molecule has 2 aromatic carbocycles. The predicted molar refractivity (Wildman–Crippen MR) is 102 cm³/mol. The van der Waals surface area contributed by atoms with E-state index in [1.54, 1.807) is 18.2 Å². The largest absolute Gasteiger partial charge is 0.378 e. The van der Waals surface area contributed by atoms with Gasteiger partial charge in [0.1, 0.15) is 0 Å². The fourth-order valence-electron chi connectivity index (χ4n) is 2.72. The Morgan fingerprint density at radius 1 is 1.04 bits per heavy atom. The van der Waals surface area contributed by atoms with Crippen molar-refractivity contribution in [2.45, 2.75) is 0 Å².